The summed E-state index contributed by atoms with van der Waals surface area (Å²) in [7, 11) is -3.52. The van der Waals surface area contributed by atoms with E-state index in [2.05, 4.69) is 15.1 Å². The fourth-order valence-electron chi connectivity index (χ4n) is 3.05. The van der Waals surface area contributed by atoms with Gasteiger partial charge in [-0.2, -0.15) is 9.52 Å². The second kappa shape index (κ2) is 6.34. The standard InChI is InChI=1S/C18H15ClN4O2S/c1-26(24,25)23-18(11-16(22-23)12-2-5-14(19)6-3-12)13-4-7-15-17(10-13)21-9-8-20-15/h2-10,18H,11H2,1H3/t18-/m1/s1. The summed E-state index contributed by atoms with van der Waals surface area (Å²) in [6.07, 6.45) is 4.88. The molecule has 0 bridgehead atoms. The van der Waals surface area contributed by atoms with Crippen LogP contribution in [0, 0.1) is 0 Å². The fourth-order valence-corrected chi connectivity index (χ4v) is 4.08. The minimum absolute atomic E-state index is 0.415. The zero-order chi connectivity index (χ0) is 18.3. The van der Waals surface area contributed by atoms with E-state index in [1.54, 1.807) is 24.5 Å². The summed E-state index contributed by atoms with van der Waals surface area (Å²) < 4.78 is 25.7. The molecule has 0 unspecified atom stereocenters. The van der Waals surface area contributed by atoms with Crippen LogP contribution in [0.5, 0.6) is 0 Å². The number of aromatic nitrogens is 2. The molecule has 1 aromatic heterocycles. The summed E-state index contributed by atoms with van der Waals surface area (Å²) in [5.41, 5.74) is 3.87. The largest absolute Gasteiger partial charge is 0.253 e. The van der Waals surface area contributed by atoms with Gasteiger partial charge in [0.1, 0.15) is 0 Å². The lowest BCUT2D eigenvalue weighted by molar-refractivity contribution is 0.375. The fraction of sp³-hybridized carbons (Fsp3) is 0.167. The van der Waals surface area contributed by atoms with Crippen molar-refractivity contribution in [3.8, 4) is 0 Å². The first-order valence-electron chi connectivity index (χ1n) is 7.95. The first kappa shape index (κ1) is 16.9. The molecule has 1 aliphatic heterocycles. The molecule has 4 rings (SSSR count). The summed E-state index contributed by atoms with van der Waals surface area (Å²) in [5.74, 6) is 0. The normalized spacial score (nSPS) is 17.5. The monoisotopic (exact) mass is 386 g/mol. The van der Waals surface area contributed by atoms with Crippen LogP contribution in [0.2, 0.25) is 5.02 Å². The lowest BCUT2D eigenvalue weighted by atomic mass is 9.99. The van der Waals surface area contributed by atoms with Crippen LogP contribution in [-0.4, -0.2) is 34.8 Å². The molecule has 2 aromatic carbocycles. The van der Waals surface area contributed by atoms with E-state index < -0.39 is 16.1 Å². The predicted molar refractivity (Wildman–Crippen MR) is 102 cm³/mol. The molecular formula is C18H15ClN4O2S. The van der Waals surface area contributed by atoms with Crippen LogP contribution < -0.4 is 0 Å². The molecule has 0 amide bonds. The molecule has 0 spiro atoms. The summed E-state index contributed by atoms with van der Waals surface area (Å²) in [4.78, 5) is 8.56. The number of fused-ring (bicyclic) bond motifs is 1. The van der Waals surface area contributed by atoms with Gasteiger partial charge in [-0.3, -0.25) is 9.97 Å². The molecular weight excluding hydrogens is 372 g/mol. The molecule has 26 heavy (non-hydrogen) atoms. The number of halogens is 1. The van der Waals surface area contributed by atoms with Crippen LogP contribution >= 0.6 is 11.6 Å². The number of benzene rings is 2. The van der Waals surface area contributed by atoms with Crippen molar-refractivity contribution in [2.24, 2.45) is 5.10 Å². The molecule has 0 N–H and O–H groups in total. The number of hydrazone groups is 1. The summed E-state index contributed by atoms with van der Waals surface area (Å²) in [6, 6.07) is 12.4. The van der Waals surface area contributed by atoms with Crippen LogP contribution in [0.25, 0.3) is 11.0 Å². The number of hydrogen-bond donors (Lipinski definition) is 0. The molecule has 0 saturated carbocycles. The molecule has 0 saturated heterocycles. The zero-order valence-electron chi connectivity index (χ0n) is 13.9. The Hall–Kier alpha value is -2.51. The number of sulfonamides is 1. The van der Waals surface area contributed by atoms with E-state index in [9.17, 15) is 8.42 Å². The van der Waals surface area contributed by atoms with Gasteiger partial charge in [0, 0.05) is 23.8 Å². The van der Waals surface area contributed by atoms with Crippen molar-refractivity contribution in [2.75, 3.05) is 6.26 Å². The van der Waals surface area contributed by atoms with Crippen LogP contribution in [-0.2, 0) is 10.0 Å². The molecule has 1 aliphatic rings. The van der Waals surface area contributed by atoms with E-state index in [0.717, 1.165) is 28.4 Å². The zero-order valence-corrected chi connectivity index (χ0v) is 15.4. The lowest BCUT2D eigenvalue weighted by Gasteiger charge is -2.21. The van der Waals surface area contributed by atoms with Gasteiger partial charge in [0.25, 0.3) is 0 Å². The topological polar surface area (TPSA) is 75.5 Å². The molecule has 1 atom stereocenters. The van der Waals surface area contributed by atoms with Gasteiger partial charge >= 0.3 is 0 Å². The van der Waals surface area contributed by atoms with Gasteiger partial charge < -0.3 is 0 Å². The Bertz CT molecular complexity index is 1110. The van der Waals surface area contributed by atoms with Crippen molar-refractivity contribution in [3.05, 3.63) is 71.0 Å². The van der Waals surface area contributed by atoms with Gasteiger partial charge in [0.05, 0.1) is 29.0 Å². The van der Waals surface area contributed by atoms with Crippen molar-refractivity contribution in [2.45, 2.75) is 12.5 Å². The highest BCUT2D eigenvalue weighted by atomic mass is 35.5. The van der Waals surface area contributed by atoms with E-state index in [-0.39, 0.29) is 0 Å². The molecule has 3 aromatic rings. The van der Waals surface area contributed by atoms with Crippen molar-refractivity contribution in [1.82, 2.24) is 14.4 Å². The number of nitrogens with zero attached hydrogens (tertiary/aromatic N) is 4. The van der Waals surface area contributed by atoms with Gasteiger partial charge in [0.2, 0.25) is 10.0 Å². The third-order valence-corrected chi connectivity index (χ3v) is 5.54. The third-order valence-electron chi connectivity index (χ3n) is 4.27. The van der Waals surface area contributed by atoms with Gasteiger partial charge in [-0.25, -0.2) is 8.42 Å². The smallest absolute Gasteiger partial charge is 0.247 e. The average Bonchev–Trinajstić information content (AvgIpc) is 3.08. The Kier molecular flexibility index (Phi) is 4.13. The Morgan fingerprint density at radius 3 is 2.42 bits per heavy atom. The highest BCUT2D eigenvalue weighted by Gasteiger charge is 2.34. The molecule has 0 aliphatic carbocycles. The lowest BCUT2D eigenvalue weighted by Crippen LogP contribution is -2.25. The molecule has 6 nitrogen and oxygen atoms in total. The highest BCUT2D eigenvalue weighted by Crippen LogP contribution is 2.35. The van der Waals surface area contributed by atoms with Gasteiger partial charge in [0.15, 0.2) is 0 Å². The van der Waals surface area contributed by atoms with E-state index in [1.165, 1.54) is 4.41 Å². The van der Waals surface area contributed by atoms with E-state index in [4.69, 9.17) is 11.6 Å². The van der Waals surface area contributed by atoms with E-state index in [0.29, 0.717) is 17.2 Å². The second-order valence-electron chi connectivity index (χ2n) is 6.11. The minimum Gasteiger partial charge on any atom is -0.253 e. The molecule has 2 heterocycles. The maximum absolute atomic E-state index is 12.3. The summed E-state index contributed by atoms with van der Waals surface area (Å²) in [5, 5.41) is 5.00. The van der Waals surface area contributed by atoms with Gasteiger partial charge in [-0.05, 0) is 35.4 Å². The maximum Gasteiger partial charge on any atom is 0.247 e. The first-order chi connectivity index (χ1) is 12.4. The first-order valence-corrected chi connectivity index (χ1v) is 10.2. The minimum atomic E-state index is -3.52. The Balaban J connectivity index is 1.76. The van der Waals surface area contributed by atoms with Crippen molar-refractivity contribution in [1.29, 1.82) is 0 Å². The third kappa shape index (κ3) is 3.15. The Labute approximate surface area is 156 Å². The van der Waals surface area contributed by atoms with Crippen LogP contribution in [0.3, 0.4) is 0 Å². The average molecular weight is 387 g/mol. The summed E-state index contributed by atoms with van der Waals surface area (Å²) >= 11 is 5.94. The van der Waals surface area contributed by atoms with Crippen molar-refractivity contribution < 1.29 is 8.42 Å². The SMILES string of the molecule is CS(=O)(=O)N1N=C(c2ccc(Cl)cc2)C[C@@H]1c1ccc2nccnc2c1. The number of hydrogen-bond acceptors (Lipinski definition) is 5. The van der Waals surface area contributed by atoms with Crippen molar-refractivity contribution >= 4 is 38.4 Å². The summed E-state index contributed by atoms with van der Waals surface area (Å²) in [6.45, 7) is 0. The number of rotatable bonds is 3. The molecule has 0 fully saturated rings. The molecule has 132 valence electrons. The van der Waals surface area contributed by atoms with Crippen LogP contribution in [0.1, 0.15) is 23.6 Å². The van der Waals surface area contributed by atoms with Crippen LogP contribution in [0.4, 0.5) is 0 Å². The van der Waals surface area contributed by atoms with Gasteiger partial charge in [-0.15, -0.1) is 0 Å². The second-order valence-corrected chi connectivity index (χ2v) is 8.39. The quantitative estimate of drug-likeness (QED) is 0.691. The van der Waals surface area contributed by atoms with Crippen molar-refractivity contribution in [3.63, 3.8) is 0 Å². The van der Waals surface area contributed by atoms with Crippen LogP contribution in [0.15, 0.2) is 60.0 Å². The van der Waals surface area contributed by atoms with E-state index in [1.807, 2.05) is 30.3 Å². The Morgan fingerprint density at radius 1 is 1.04 bits per heavy atom. The maximum atomic E-state index is 12.3. The molecule has 0 radical (unpaired) electrons. The predicted octanol–water partition coefficient (Wildman–Crippen LogP) is 3.39. The Morgan fingerprint density at radius 2 is 1.73 bits per heavy atom. The van der Waals surface area contributed by atoms with Gasteiger partial charge in [-0.1, -0.05) is 29.8 Å². The molecule has 8 heteroatoms. The highest BCUT2D eigenvalue weighted by molar-refractivity contribution is 7.88. The van der Waals surface area contributed by atoms with E-state index >= 15 is 0 Å².